The molecule has 1 N–H and O–H groups in total. The standard InChI is InChI=1S/C16H19ClN2O2/c1-3-18-10-15-14(17)7-8-16(19-15)21-13-6-4-5-12(9-13)11-20-2/h4-9,18H,3,10-11H2,1-2H3. The number of halogens is 1. The number of benzene rings is 1. The number of aromatic nitrogens is 1. The Balaban J connectivity index is 2.13. The fourth-order valence-electron chi connectivity index (χ4n) is 1.87. The normalized spacial score (nSPS) is 10.6. The average molecular weight is 307 g/mol. The molecule has 0 radical (unpaired) electrons. The number of nitrogens with zero attached hydrogens (tertiary/aromatic N) is 1. The molecule has 0 saturated heterocycles. The minimum Gasteiger partial charge on any atom is -0.439 e. The van der Waals surface area contributed by atoms with Crippen molar-refractivity contribution in [2.24, 2.45) is 0 Å². The summed E-state index contributed by atoms with van der Waals surface area (Å²) in [6.07, 6.45) is 0. The Morgan fingerprint density at radius 2 is 2.10 bits per heavy atom. The van der Waals surface area contributed by atoms with Crippen molar-refractivity contribution in [1.82, 2.24) is 10.3 Å². The van der Waals surface area contributed by atoms with Gasteiger partial charge in [-0.25, -0.2) is 4.98 Å². The van der Waals surface area contributed by atoms with Crippen LogP contribution in [0.5, 0.6) is 11.6 Å². The van der Waals surface area contributed by atoms with Crippen molar-refractivity contribution in [1.29, 1.82) is 0 Å². The molecule has 5 heteroatoms. The summed E-state index contributed by atoms with van der Waals surface area (Å²) in [5, 5.41) is 3.84. The maximum absolute atomic E-state index is 6.13. The van der Waals surface area contributed by atoms with E-state index in [-0.39, 0.29) is 0 Å². The highest BCUT2D eigenvalue weighted by atomic mass is 35.5. The molecule has 0 fully saturated rings. The van der Waals surface area contributed by atoms with Gasteiger partial charge in [-0.15, -0.1) is 0 Å². The second-order valence-corrected chi connectivity index (χ2v) is 4.95. The van der Waals surface area contributed by atoms with Gasteiger partial charge in [0.25, 0.3) is 0 Å². The summed E-state index contributed by atoms with van der Waals surface area (Å²) in [5.41, 5.74) is 1.83. The van der Waals surface area contributed by atoms with Gasteiger partial charge in [0.2, 0.25) is 5.88 Å². The minimum absolute atomic E-state index is 0.530. The van der Waals surface area contributed by atoms with Gasteiger partial charge in [-0.2, -0.15) is 0 Å². The molecule has 1 aromatic heterocycles. The minimum atomic E-state index is 0.530. The second-order valence-electron chi connectivity index (χ2n) is 4.54. The number of hydrogen-bond acceptors (Lipinski definition) is 4. The Morgan fingerprint density at radius 1 is 1.24 bits per heavy atom. The van der Waals surface area contributed by atoms with Gasteiger partial charge < -0.3 is 14.8 Å². The zero-order valence-electron chi connectivity index (χ0n) is 12.2. The van der Waals surface area contributed by atoms with Gasteiger partial charge in [-0.05, 0) is 30.3 Å². The number of hydrogen-bond donors (Lipinski definition) is 1. The van der Waals surface area contributed by atoms with Crippen LogP contribution in [0.2, 0.25) is 5.02 Å². The van der Waals surface area contributed by atoms with Crippen LogP contribution in [-0.4, -0.2) is 18.6 Å². The van der Waals surface area contributed by atoms with Gasteiger partial charge in [-0.1, -0.05) is 30.7 Å². The monoisotopic (exact) mass is 306 g/mol. The molecule has 0 aliphatic carbocycles. The van der Waals surface area contributed by atoms with Crippen LogP contribution in [0.3, 0.4) is 0 Å². The molecule has 1 aromatic carbocycles. The lowest BCUT2D eigenvalue weighted by atomic mass is 10.2. The largest absolute Gasteiger partial charge is 0.439 e. The summed E-state index contributed by atoms with van der Waals surface area (Å²) in [7, 11) is 1.67. The Kier molecular flexibility index (Phi) is 5.99. The Bertz CT molecular complexity index is 590. The molecule has 21 heavy (non-hydrogen) atoms. The maximum Gasteiger partial charge on any atom is 0.219 e. The number of rotatable bonds is 7. The predicted molar refractivity (Wildman–Crippen MR) is 83.9 cm³/mol. The van der Waals surface area contributed by atoms with Crippen LogP contribution in [0, 0.1) is 0 Å². The van der Waals surface area contributed by atoms with Gasteiger partial charge in [0.15, 0.2) is 0 Å². The zero-order chi connectivity index (χ0) is 15.1. The fourth-order valence-corrected chi connectivity index (χ4v) is 2.05. The van der Waals surface area contributed by atoms with Crippen LogP contribution in [0.4, 0.5) is 0 Å². The number of pyridine rings is 1. The molecule has 0 spiro atoms. The quantitative estimate of drug-likeness (QED) is 0.845. The zero-order valence-corrected chi connectivity index (χ0v) is 13.0. The SMILES string of the molecule is CCNCc1nc(Oc2cccc(COC)c2)ccc1Cl. The molecule has 2 rings (SSSR count). The van der Waals surface area contributed by atoms with Crippen molar-refractivity contribution in [3.8, 4) is 11.6 Å². The molecule has 0 bridgehead atoms. The summed E-state index contributed by atoms with van der Waals surface area (Å²) in [6.45, 7) is 4.07. The summed E-state index contributed by atoms with van der Waals surface area (Å²) in [5.74, 6) is 1.26. The average Bonchev–Trinajstić information content (AvgIpc) is 2.48. The highest BCUT2D eigenvalue weighted by Crippen LogP contribution is 2.24. The van der Waals surface area contributed by atoms with Crippen LogP contribution in [0.25, 0.3) is 0 Å². The van der Waals surface area contributed by atoms with E-state index < -0.39 is 0 Å². The highest BCUT2D eigenvalue weighted by Gasteiger charge is 2.06. The van der Waals surface area contributed by atoms with E-state index in [9.17, 15) is 0 Å². The van der Waals surface area contributed by atoms with Gasteiger partial charge in [0.1, 0.15) is 5.75 Å². The van der Waals surface area contributed by atoms with E-state index in [1.807, 2.05) is 31.2 Å². The third-order valence-electron chi connectivity index (χ3n) is 2.87. The number of methoxy groups -OCH3 is 1. The third-order valence-corrected chi connectivity index (χ3v) is 3.21. The first-order chi connectivity index (χ1) is 10.2. The summed E-state index contributed by atoms with van der Waals surface area (Å²) < 4.78 is 10.9. The van der Waals surface area contributed by atoms with Crippen molar-refractivity contribution < 1.29 is 9.47 Å². The number of ether oxygens (including phenoxy) is 2. The smallest absolute Gasteiger partial charge is 0.219 e. The second kappa shape index (κ2) is 7.98. The Labute approximate surface area is 130 Å². The lowest BCUT2D eigenvalue weighted by Gasteiger charge is -2.09. The van der Waals surface area contributed by atoms with Gasteiger partial charge in [0, 0.05) is 19.7 Å². The van der Waals surface area contributed by atoms with E-state index in [2.05, 4.69) is 10.3 Å². The van der Waals surface area contributed by atoms with Crippen molar-refractivity contribution in [3.05, 3.63) is 52.7 Å². The van der Waals surface area contributed by atoms with Gasteiger partial charge in [-0.3, -0.25) is 0 Å². The van der Waals surface area contributed by atoms with E-state index in [0.29, 0.717) is 24.1 Å². The van der Waals surface area contributed by atoms with E-state index in [0.717, 1.165) is 23.6 Å². The Hall–Kier alpha value is -1.62. The molecule has 2 aromatic rings. The van der Waals surface area contributed by atoms with Gasteiger partial charge in [0.05, 0.1) is 17.3 Å². The van der Waals surface area contributed by atoms with Crippen molar-refractivity contribution in [3.63, 3.8) is 0 Å². The summed E-state index contributed by atoms with van der Waals surface area (Å²) in [6, 6.07) is 11.3. The van der Waals surface area contributed by atoms with Gasteiger partial charge >= 0.3 is 0 Å². The molecule has 1 heterocycles. The molecule has 0 aliphatic rings. The summed E-state index contributed by atoms with van der Waals surface area (Å²) in [4.78, 5) is 4.43. The molecular formula is C16H19ClN2O2. The van der Waals surface area contributed by atoms with Crippen LogP contribution in [0.1, 0.15) is 18.2 Å². The molecule has 112 valence electrons. The van der Waals surface area contributed by atoms with E-state index >= 15 is 0 Å². The Morgan fingerprint density at radius 3 is 2.86 bits per heavy atom. The predicted octanol–water partition coefficient (Wildman–Crippen LogP) is 3.78. The van der Waals surface area contributed by atoms with Crippen molar-refractivity contribution in [2.45, 2.75) is 20.1 Å². The number of nitrogens with one attached hydrogen (secondary N) is 1. The molecular weight excluding hydrogens is 288 g/mol. The lowest BCUT2D eigenvalue weighted by Crippen LogP contribution is -2.13. The topological polar surface area (TPSA) is 43.4 Å². The molecule has 0 saturated carbocycles. The van der Waals surface area contributed by atoms with Crippen molar-refractivity contribution >= 4 is 11.6 Å². The first kappa shape index (κ1) is 15.8. The van der Waals surface area contributed by atoms with E-state index in [1.54, 1.807) is 19.2 Å². The van der Waals surface area contributed by atoms with Crippen molar-refractivity contribution in [2.75, 3.05) is 13.7 Å². The molecule has 0 atom stereocenters. The fraction of sp³-hybridized carbons (Fsp3) is 0.312. The first-order valence-corrected chi connectivity index (χ1v) is 7.22. The summed E-state index contributed by atoms with van der Waals surface area (Å²) >= 11 is 6.13. The lowest BCUT2D eigenvalue weighted by molar-refractivity contribution is 0.184. The van der Waals surface area contributed by atoms with Crippen LogP contribution >= 0.6 is 11.6 Å². The van der Waals surface area contributed by atoms with Crippen LogP contribution in [0.15, 0.2) is 36.4 Å². The molecule has 4 nitrogen and oxygen atoms in total. The van der Waals surface area contributed by atoms with Crippen LogP contribution in [-0.2, 0) is 17.9 Å². The maximum atomic E-state index is 6.13. The van der Waals surface area contributed by atoms with E-state index in [4.69, 9.17) is 21.1 Å². The molecule has 0 aliphatic heterocycles. The highest BCUT2D eigenvalue weighted by molar-refractivity contribution is 6.31. The molecule has 0 unspecified atom stereocenters. The molecule has 0 amide bonds. The van der Waals surface area contributed by atoms with Crippen LogP contribution < -0.4 is 10.1 Å². The first-order valence-electron chi connectivity index (χ1n) is 6.84. The third kappa shape index (κ3) is 4.70. The van der Waals surface area contributed by atoms with E-state index in [1.165, 1.54) is 0 Å².